The lowest BCUT2D eigenvalue weighted by Gasteiger charge is -2.04. The van der Waals surface area contributed by atoms with Gasteiger partial charge in [0.2, 0.25) is 0 Å². The van der Waals surface area contributed by atoms with Crippen LogP contribution in [0.25, 0.3) is 0 Å². The zero-order valence-corrected chi connectivity index (χ0v) is 12.0. The summed E-state index contributed by atoms with van der Waals surface area (Å²) in [5.74, 6) is -0.186. The molecule has 3 rings (SSSR count). The summed E-state index contributed by atoms with van der Waals surface area (Å²) in [6, 6.07) is 5.66. The average molecular weight is 324 g/mol. The van der Waals surface area contributed by atoms with E-state index in [1.165, 1.54) is 18.9 Å². The molecule has 0 unspecified atom stereocenters. The fourth-order valence-corrected chi connectivity index (χ4v) is 2.39. The number of hydrogen-bond acceptors (Lipinski definition) is 2. The third-order valence-electron chi connectivity index (χ3n) is 3.20. The summed E-state index contributed by atoms with van der Waals surface area (Å²) in [6.07, 6.45) is 6.26. The van der Waals surface area contributed by atoms with Crippen LogP contribution in [0.15, 0.2) is 35.2 Å². The molecule has 1 N–H and O–H groups in total. The minimum atomic E-state index is -0.186. The van der Waals surface area contributed by atoms with Crippen LogP contribution >= 0.6 is 15.9 Å². The monoisotopic (exact) mass is 323 g/mol. The smallest absolute Gasteiger partial charge is 0.128 e. The minimum Gasteiger partial charge on any atom is -0.333 e. The lowest BCUT2D eigenvalue weighted by atomic mass is 10.2. The average Bonchev–Trinajstić information content (AvgIpc) is 3.12. The van der Waals surface area contributed by atoms with Crippen LogP contribution in [0.2, 0.25) is 0 Å². The van der Waals surface area contributed by atoms with Crippen LogP contribution in [0.5, 0.6) is 0 Å². The van der Waals surface area contributed by atoms with Crippen molar-refractivity contribution in [2.45, 2.75) is 32.0 Å². The maximum atomic E-state index is 13.7. The molecule has 0 aliphatic heterocycles. The molecule has 0 saturated heterocycles. The second-order valence-corrected chi connectivity index (χ2v) is 5.84. The molecule has 2 aromatic rings. The van der Waals surface area contributed by atoms with Crippen molar-refractivity contribution in [1.29, 1.82) is 0 Å². The molecule has 1 fully saturated rings. The molecule has 3 nitrogen and oxygen atoms in total. The largest absolute Gasteiger partial charge is 0.333 e. The van der Waals surface area contributed by atoms with Crippen molar-refractivity contribution in [3.05, 3.63) is 52.3 Å². The molecule has 1 aromatic heterocycles. The van der Waals surface area contributed by atoms with Gasteiger partial charge in [-0.15, -0.1) is 0 Å². The number of rotatable bonds is 5. The Balaban J connectivity index is 1.66. The van der Waals surface area contributed by atoms with Crippen LogP contribution in [-0.4, -0.2) is 15.6 Å². The Morgan fingerprint density at radius 1 is 1.42 bits per heavy atom. The molecular weight excluding hydrogens is 309 g/mol. The molecular formula is C14H15BrFN3. The number of imidazole rings is 1. The van der Waals surface area contributed by atoms with E-state index >= 15 is 0 Å². The van der Waals surface area contributed by atoms with Crippen molar-refractivity contribution < 1.29 is 4.39 Å². The van der Waals surface area contributed by atoms with E-state index in [2.05, 4.69) is 26.2 Å². The molecule has 0 atom stereocenters. The van der Waals surface area contributed by atoms with Crippen LogP contribution in [0.1, 0.15) is 24.1 Å². The summed E-state index contributed by atoms with van der Waals surface area (Å²) in [4.78, 5) is 4.33. The predicted octanol–water partition coefficient (Wildman–Crippen LogP) is 3.09. The summed E-state index contributed by atoms with van der Waals surface area (Å²) < 4.78 is 16.5. The van der Waals surface area contributed by atoms with Crippen molar-refractivity contribution in [2.75, 3.05) is 0 Å². The van der Waals surface area contributed by atoms with E-state index in [4.69, 9.17) is 0 Å². The third-order valence-corrected chi connectivity index (χ3v) is 3.69. The zero-order chi connectivity index (χ0) is 13.2. The Kier molecular flexibility index (Phi) is 3.66. The quantitative estimate of drug-likeness (QED) is 0.916. The highest BCUT2D eigenvalue weighted by Gasteiger charge is 2.20. The molecule has 0 radical (unpaired) electrons. The maximum Gasteiger partial charge on any atom is 0.128 e. The Morgan fingerprint density at radius 2 is 2.26 bits per heavy atom. The van der Waals surface area contributed by atoms with Crippen molar-refractivity contribution in [2.24, 2.45) is 0 Å². The summed E-state index contributed by atoms with van der Waals surface area (Å²) in [6.45, 7) is 1.29. The molecule has 0 bridgehead atoms. The van der Waals surface area contributed by atoms with Crippen molar-refractivity contribution >= 4 is 15.9 Å². The number of halogens is 2. The summed E-state index contributed by atoms with van der Waals surface area (Å²) in [5, 5.41) is 3.41. The first-order valence-corrected chi connectivity index (χ1v) is 7.18. The number of nitrogens with zero attached hydrogens (tertiary/aromatic N) is 2. The van der Waals surface area contributed by atoms with E-state index in [-0.39, 0.29) is 5.82 Å². The Morgan fingerprint density at radius 3 is 3.05 bits per heavy atom. The predicted molar refractivity (Wildman–Crippen MR) is 75.3 cm³/mol. The van der Waals surface area contributed by atoms with E-state index < -0.39 is 0 Å². The first kappa shape index (κ1) is 12.8. The summed E-state index contributed by atoms with van der Waals surface area (Å²) >= 11 is 3.36. The van der Waals surface area contributed by atoms with Crippen LogP contribution in [-0.2, 0) is 13.1 Å². The van der Waals surface area contributed by atoms with Gasteiger partial charge in [0.05, 0.1) is 18.6 Å². The van der Waals surface area contributed by atoms with Crippen LogP contribution in [0.3, 0.4) is 0 Å². The highest BCUT2D eigenvalue weighted by Crippen LogP contribution is 2.19. The Bertz CT molecular complexity index is 578. The van der Waals surface area contributed by atoms with Gasteiger partial charge in [0.1, 0.15) is 5.82 Å². The van der Waals surface area contributed by atoms with Crippen molar-refractivity contribution in [3.63, 3.8) is 0 Å². The van der Waals surface area contributed by atoms with Crippen molar-refractivity contribution in [1.82, 2.24) is 14.9 Å². The highest BCUT2D eigenvalue weighted by molar-refractivity contribution is 9.10. The van der Waals surface area contributed by atoms with Gasteiger partial charge in [-0.2, -0.15) is 0 Å². The van der Waals surface area contributed by atoms with Crippen LogP contribution < -0.4 is 5.32 Å². The standard InChI is InChI=1S/C14H15BrFN3/c15-11-1-4-14(16)10(5-11)7-19-8-13(18-9-19)6-17-12-2-3-12/h1,4-5,8-9,12,17H,2-3,6-7H2. The van der Waals surface area contributed by atoms with Gasteiger partial charge in [0.25, 0.3) is 0 Å². The second-order valence-electron chi connectivity index (χ2n) is 4.93. The third kappa shape index (κ3) is 3.42. The molecule has 1 aliphatic rings. The van der Waals surface area contributed by atoms with E-state index in [1.807, 2.05) is 10.8 Å². The first-order valence-electron chi connectivity index (χ1n) is 6.38. The van der Waals surface area contributed by atoms with Gasteiger partial charge in [0.15, 0.2) is 0 Å². The number of benzene rings is 1. The normalized spacial score (nSPS) is 14.8. The lowest BCUT2D eigenvalue weighted by molar-refractivity contribution is 0.598. The van der Waals surface area contributed by atoms with Gasteiger partial charge in [-0.3, -0.25) is 0 Å². The Hall–Kier alpha value is -1.20. The van der Waals surface area contributed by atoms with E-state index in [9.17, 15) is 4.39 Å². The second kappa shape index (κ2) is 5.43. The lowest BCUT2D eigenvalue weighted by Crippen LogP contribution is -2.15. The molecule has 19 heavy (non-hydrogen) atoms. The van der Waals surface area contributed by atoms with E-state index in [0.29, 0.717) is 18.2 Å². The van der Waals surface area contributed by atoms with Gasteiger partial charge in [-0.25, -0.2) is 9.37 Å². The first-order chi connectivity index (χ1) is 9.20. The summed E-state index contributed by atoms with van der Waals surface area (Å²) in [7, 11) is 0. The molecule has 100 valence electrons. The van der Waals surface area contributed by atoms with Gasteiger partial charge in [-0.05, 0) is 31.0 Å². The van der Waals surface area contributed by atoms with Crippen LogP contribution in [0.4, 0.5) is 4.39 Å². The van der Waals surface area contributed by atoms with Gasteiger partial charge in [0, 0.05) is 28.8 Å². The number of hydrogen-bond donors (Lipinski definition) is 1. The summed E-state index contributed by atoms with van der Waals surface area (Å²) in [5.41, 5.74) is 1.66. The molecule has 1 saturated carbocycles. The zero-order valence-electron chi connectivity index (χ0n) is 10.4. The molecule has 0 spiro atoms. The number of aromatic nitrogens is 2. The number of nitrogens with one attached hydrogen (secondary N) is 1. The van der Waals surface area contributed by atoms with Crippen LogP contribution in [0, 0.1) is 5.82 Å². The Labute approximate surface area is 120 Å². The van der Waals surface area contributed by atoms with Crippen molar-refractivity contribution in [3.8, 4) is 0 Å². The topological polar surface area (TPSA) is 29.9 Å². The molecule has 1 aromatic carbocycles. The van der Waals surface area contributed by atoms with E-state index in [0.717, 1.165) is 16.7 Å². The van der Waals surface area contributed by atoms with Gasteiger partial charge >= 0.3 is 0 Å². The molecule has 1 heterocycles. The molecule has 0 amide bonds. The highest BCUT2D eigenvalue weighted by atomic mass is 79.9. The SMILES string of the molecule is Fc1ccc(Br)cc1Cn1cnc(CNC2CC2)c1. The van der Waals surface area contributed by atoms with E-state index in [1.54, 1.807) is 18.5 Å². The maximum absolute atomic E-state index is 13.7. The molecule has 1 aliphatic carbocycles. The fourth-order valence-electron chi connectivity index (χ4n) is 1.98. The van der Waals surface area contributed by atoms with Gasteiger partial charge in [-0.1, -0.05) is 15.9 Å². The molecule has 5 heteroatoms. The fraction of sp³-hybridized carbons (Fsp3) is 0.357. The van der Waals surface area contributed by atoms with Gasteiger partial charge < -0.3 is 9.88 Å². The minimum absolute atomic E-state index is 0.186.